The Balaban J connectivity index is 1.82. The molecule has 1 aromatic heterocycles. The Labute approximate surface area is 130 Å². The molecule has 1 saturated carbocycles. The summed E-state index contributed by atoms with van der Waals surface area (Å²) in [6.07, 6.45) is 8.48. The fraction of sp³-hybridized carbons (Fsp3) is 0.722. The van der Waals surface area contributed by atoms with Crippen LogP contribution in [0.25, 0.3) is 0 Å². The topological polar surface area (TPSA) is 28.2 Å². The fourth-order valence-corrected chi connectivity index (χ4v) is 3.44. The summed E-state index contributed by atoms with van der Waals surface area (Å²) in [5.74, 6) is 0. The number of hydrogen-bond acceptors (Lipinski definition) is 3. The van der Waals surface area contributed by atoms with E-state index in [1.165, 1.54) is 44.5 Å². The first kappa shape index (κ1) is 16.4. The van der Waals surface area contributed by atoms with E-state index in [1.807, 2.05) is 12.3 Å². The van der Waals surface area contributed by atoms with Crippen molar-refractivity contribution in [3.63, 3.8) is 0 Å². The van der Waals surface area contributed by atoms with Crippen LogP contribution in [0.5, 0.6) is 0 Å². The van der Waals surface area contributed by atoms with Crippen LogP contribution in [-0.2, 0) is 6.42 Å². The average molecular weight is 289 g/mol. The maximum atomic E-state index is 4.42. The Morgan fingerprint density at radius 3 is 2.67 bits per heavy atom. The minimum atomic E-state index is 0.489. The van der Waals surface area contributed by atoms with Crippen molar-refractivity contribution in [1.82, 2.24) is 15.2 Å². The van der Waals surface area contributed by atoms with Crippen LogP contribution in [-0.4, -0.2) is 42.6 Å². The molecule has 3 nitrogen and oxygen atoms in total. The Hall–Kier alpha value is -0.930. The Morgan fingerprint density at radius 1 is 1.29 bits per heavy atom. The maximum absolute atomic E-state index is 4.42. The predicted molar refractivity (Wildman–Crippen MR) is 89.5 cm³/mol. The molecule has 21 heavy (non-hydrogen) atoms. The molecule has 1 heterocycles. The van der Waals surface area contributed by atoms with E-state index in [0.29, 0.717) is 11.5 Å². The zero-order chi connectivity index (χ0) is 15.1. The quantitative estimate of drug-likeness (QED) is 0.797. The monoisotopic (exact) mass is 289 g/mol. The summed E-state index contributed by atoms with van der Waals surface area (Å²) in [4.78, 5) is 6.92. The molecular weight excluding hydrogens is 258 g/mol. The summed E-state index contributed by atoms with van der Waals surface area (Å²) < 4.78 is 0. The zero-order valence-electron chi connectivity index (χ0n) is 13.9. The van der Waals surface area contributed by atoms with Gasteiger partial charge in [0.25, 0.3) is 0 Å². The Morgan fingerprint density at radius 2 is 2.05 bits per heavy atom. The van der Waals surface area contributed by atoms with E-state index < -0.39 is 0 Å². The molecule has 0 unspecified atom stereocenters. The molecule has 0 radical (unpaired) electrons. The number of pyridine rings is 1. The van der Waals surface area contributed by atoms with Crippen LogP contribution in [0.2, 0.25) is 0 Å². The van der Waals surface area contributed by atoms with Gasteiger partial charge in [-0.15, -0.1) is 0 Å². The third-order valence-electron chi connectivity index (χ3n) is 4.63. The molecule has 1 N–H and O–H groups in total. The minimum Gasteiger partial charge on any atom is -0.314 e. The lowest BCUT2D eigenvalue weighted by Crippen LogP contribution is -2.43. The second kappa shape index (κ2) is 7.90. The van der Waals surface area contributed by atoms with Crippen LogP contribution in [0.4, 0.5) is 0 Å². The lowest BCUT2D eigenvalue weighted by Gasteiger charge is -2.34. The van der Waals surface area contributed by atoms with Crippen molar-refractivity contribution in [2.45, 2.75) is 52.0 Å². The van der Waals surface area contributed by atoms with Gasteiger partial charge in [-0.1, -0.05) is 32.8 Å². The number of nitrogens with one attached hydrogen (secondary N) is 1. The molecule has 0 spiro atoms. The smallest absolute Gasteiger partial charge is 0.0416 e. The SMILES string of the molecule is CC(C)NCC1(CN(C)CCc2ccccn2)CCCC1. The van der Waals surface area contributed by atoms with Gasteiger partial charge < -0.3 is 10.2 Å². The van der Waals surface area contributed by atoms with E-state index >= 15 is 0 Å². The first-order chi connectivity index (χ1) is 10.1. The van der Waals surface area contributed by atoms with Crippen molar-refractivity contribution >= 4 is 0 Å². The molecule has 0 saturated heterocycles. The van der Waals surface area contributed by atoms with Crippen molar-refractivity contribution < 1.29 is 0 Å². The van der Waals surface area contributed by atoms with Crippen LogP contribution >= 0.6 is 0 Å². The van der Waals surface area contributed by atoms with Crippen molar-refractivity contribution in [1.29, 1.82) is 0 Å². The van der Waals surface area contributed by atoms with Crippen molar-refractivity contribution in [2.75, 3.05) is 26.7 Å². The molecule has 3 heteroatoms. The lowest BCUT2D eigenvalue weighted by atomic mass is 9.85. The normalized spacial score (nSPS) is 17.8. The summed E-state index contributed by atoms with van der Waals surface area (Å²) in [6.45, 7) is 7.96. The van der Waals surface area contributed by atoms with Gasteiger partial charge in [0, 0.05) is 44.0 Å². The van der Waals surface area contributed by atoms with Crippen LogP contribution in [0, 0.1) is 5.41 Å². The molecule has 1 aliphatic rings. The van der Waals surface area contributed by atoms with Gasteiger partial charge in [0.15, 0.2) is 0 Å². The third kappa shape index (κ3) is 5.40. The summed E-state index contributed by atoms with van der Waals surface area (Å²) in [5, 5.41) is 3.67. The van der Waals surface area contributed by atoms with Crippen molar-refractivity contribution in [3.05, 3.63) is 30.1 Å². The number of aromatic nitrogens is 1. The van der Waals surface area contributed by atoms with Crippen molar-refractivity contribution in [3.8, 4) is 0 Å². The maximum Gasteiger partial charge on any atom is 0.0416 e. The number of rotatable bonds is 8. The molecule has 0 amide bonds. The van der Waals surface area contributed by atoms with Crippen LogP contribution in [0.3, 0.4) is 0 Å². The molecular formula is C18H31N3. The number of nitrogens with zero attached hydrogens (tertiary/aromatic N) is 2. The van der Waals surface area contributed by atoms with Crippen molar-refractivity contribution in [2.24, 2.45) is 5.41 Å². The van der Waals surface area contributed by atoms with Crippen LogP contribution < -0.4 is 5.32 Å². The molecule has 1 aromatic rings. The summed E-state index contributed by atoms with van der Waals surface area (Å²) in [5.41, 5.74) is 1.69. The summed E-state index contributed by atoms with van der Waals surface area (Å²) in [7, 11) is 2.26. The van der Waals surface area contributed by atoms with E-state index in [9.17, 15) is 0 Å². The largest absolute Gasteiger partial charge is 0.314 e. The van der Waals surface area contributed by atoms with Gasteiger partial charge in [-0.2, -0.15) is 0 Å². The lowest BCUT2D eigenvalue weighted by molar-refractivity contribution is 0.170. The highest BCUT2D eigenvalue weighted by molar-refractivity contribution is 5.03. The van der Waals surface area contributed by atoms with Gasteiger partial charge in [0.2, 0.25) is 0 Å². The molecule has 0 aliphatic heterocycles. The third-order valence-corrected chi connectivity index (χ3v) is 4.63. The standard InChI is InChI=1S/C18H31N3/c1-16(2)20-14-18(10-5-6-11-18)15-21(3)13-9-17-8-4-7-12-19-17/h4,7-8,12,16,20H,5-6,9-11,13-15H2,1-3H3. The summed E-state index contributed by atoms with van der Waals surface area (Å²) >= 11 is 0. The highest BCUT2D eigenvalue weighted by atomic mass is 15.1. The number of likely N-dealkylation sites (N-methyl/N-ethyl adjacent to an activating group) is 1. The van der Waals surface area contributed by atoms with E-state index in [2.05, 4.69) is 48.2 Å². The van der Waals surface area contributed by atoms with E-state index in [4.69, 9.17) is 0 Å². The van der Waals surface area contributed by atoms with Gasteiger partial charge in [-0.3, -0.25) is 4.98 Å². The fourth-order valence-electron chi connectivity index (χ4n) is 3.44. The number of hydrogen-bond donors (Lipinski definition) is 1. The Bertz CT molecular complexity index is 396. The van der Waals surface area contributed by atoms with Gasteiger partial charge in [0.05, 0.1) is 0 Å². The molecule has 0 aromatic carbocycles. The highest BCUT2D eigenvalue weighted by Crippen LogP contribution is 2.38. The molecule has 1 fully saturated rings. The van der Waals surface area contributed by atoms with E-state index in [-0.39, 0.29) is 0 Å². The predicted octanol–water partition coefficient (Wildman–Crippen LogP) is 3.11. The zero-order valence-corrected chi connectivity index (χ0v) is 13.9. The van der Waals surface area contributed by atoms with Crippen LogP contribution in [0.15, 0.2) is 24.4 Å². The summed E-state index contributed by atoms with van der Waals surface area (Å²) in [6, 6.07) is 6.77. The van der Waals surface area contributed by atoms with Gasteiger partial charge >= 0.3 is 0 Å². The Kier molecular flexibility index (Phi) is 6.19. The molecule has 0 bridgehead atoms. The molecule has 1 aliphatic carbocycles. The van der Waals surface area contributed by atoms with Gasteiger partial charge in [-0.05, 0) is 37.4 Å². The molecule has 118 valence electrons. The van der Waals surface area contributed by atoms with E-state index in [0.717, 1.165) is 13.0 Å². The van der Waals surface area contributed by atoms with Gasteiger partial charge in [-0.25, -0.2) is 0 Å². The second-order valence-electron chi connectivity index (χ2n) is 7.05. The minimum absolute atomic E-state index is 0.489. The van der Waals surface area contributed by atoms with Gasteiger partial charge in [0.1, 0.15) is 0 Å². The first-order valence-electron chi connectivity index (χ1n) is 8.41. The molecule has 2 rings (SSSR count). The average Bonchev–Trinajstić information content (AvgIpc) is 2.93. The van der Waals surface area contributed by atoms with E-state index in [1.54, 1.807) is 0 Å². The highest BCUT2D eigenvalue weighted by Gasteiger charge is 2.34. The molecule has 0 atom stereocenters. The first-order valence-corrected chi connectivity index (χ1v) is 8.41. The second-order valence-corrected chi connectivity index (χ2v) is 7.05. The van der Waals surface area contributed by atoms with Crippen LogP contribution in [0.1, 0.15) is 45.2 Å².